The highest BCUT2D eigenvalue weighted by Crippen LogP contribution is 2.46. The Hall–Kier alpha value is -1.53. The highest BCUT2D eigenvalue weighted by Gasteiger charge is 2.36. The van der Waals surface area contributed by atoms with Crippen molar-refractivity contribution in [2.75, 3.05) is 41.5 Å². The molecule has 2 atom stereocenters. The lowest BCUT2D eigenvalue weighted by Crippen LogP contribution is -2.21. The van der Waals surface area contributed by atoms with Crippen LogP contribution in [-0.2, 0) is 0 Å². The molecule has 0 bridgehead atoms. The van der Waals surface area contributed by atoms with Gasteiger partial charge in [-0.25, -0.2) is 4.39 Å². The maximum Gasteiger partial charge on any atom is 0.173 e. The molecule has 2 unspecified atom stereocenters. The quantitative estimate of drug-likeness (QED) is 0.898. The zero-order valence-corrected chi connectivity index (χ0v) is 13.0. The van der Waals surface area contributed by atoms with Crippen LogP contribution in [0.5, 0.6) is 17.2 Å². The van der Waals surface area contributed by atoms with Crippen LogP contribution in [0.4, 0.5) is 4.39 Å². The van der Waals surface area contributed by atoms with Gasteiger partial charge in [-0.1, -0.05) is 0 Å². The summed E-state index contributed by atoms with van der Waals surface area (Å²) < 4.78 is 30.6. The molecular weight excluding hydrogens is 275 g/mol. The van der Waals surface area contributed by atoms with Gasteiger partial charge in [-0.15, -0.1) is 0 Å². The van der Waals surface area contributed by atoms with E-state index in [1.54, 1.807) is 0 Å². The highest BCUT2D eigenvalue weighted by atomic mass is 19.1. The third-order valence-corrected chi connectivity index (χ3v) is 4.13. The lowest BCUT2D eigenvalue weighted by atomic mass is 9.97. The molecular formula is C15H23FN2O3. The predicted octanol–water partition coefficient (Wildman–Crippen LogP) is 1.80. The Morgan fingerprint density at radius 3 is 2.38 bits per heavy atom. The number of rotatable bonds is 5. The van der Waals surface area contributed by atoms with Gasteiger partial charge in [0.2, 0.25) is 0 Å². The summed E-state index contributed by atoms with van der Waals surface area (Å²) in [6, 6.07) is 1.41. The number of nitrogens with two attached hydrogens (primary N) is 1. The molecule has 118 valence electrons. The smallest absolute Gasteiger partial charge is 0.173 e. The normalized spacial score (nSPS) is 22.4. The molecule has 0 amide bonds. The summed E-state index contributed by atoms with van der Waals surface area (Å²) in [7, 11) is 6.45. The van der Waals surface area contributed by atoms with E-state index in [0.29, 0.717) is 29.5 Å². The Balaban J connectivity index is 2.55. The van der Waals surface area contributed by atoms with E-state index in [0.717, 1.165) is 13.0 Å². The van der Waals surface area contributed by atoms with Gasteiger partial charge in [-0.2, -0.15) is 0 Å². The second-order valence-electron chi connectivity index (χ2n) is 5.33. The van der Waals surface area contributed by atoms with Crippen LogP contribution in [0.25, 0.3) is 0 Å². The van der Waals surface area contributed by atoms with Crippen LogP contribution in [0.15, 0.2) is 6.07 Å². The first-order valence-electron chi connectivity index (χ1n) is 6.96. The van der Waals surface area contributed by atoms with Gasteiger partial charge >= 0.3 is 0 Å². The fraction of sp³-hybridized carbons (Fsp3) is 0.600. The van der Waals surface area contributed by atoms with Crippen LogP contribution in [0, 0.1) is 11.7 Å². The number of ether oxygens (including phenoxy) is 3. The molecule has 0 aliphatic carbocycles. The molecule has 5 nitrogen and oxygen atoms in total. The average molecular weight is 298 g/mol. The molecule has 1 heterocycles. The van der Waals surface area contributed by atoms with Crippen LogP contribution < -0.4 is 19.9 Å². The summed E-state index contributed by atoms with van der Waals surface area (Å²) in [5.41, 5.74) is 6.23. The second-order valence-corrected chi connectivity index (χ2v) is 5.33. The topological polar surface area (TPSA) is 57.0 Å². The van der Waals surface area contributed by atoms with Crippen LogP contribution in [0.1, 0.15) is 18.0 Å². The van der Waals surface area contributed by atoms with Crippen molar-refractivity contribution in [2.45, 2.75) is 12.5 Å². The minimum atomic E-state index is -0.398. The van der Waals surface area contributed by atoms with Crippen LogP contribution >= 0.6 is 0 Å². The van der Waals surface area contributed by atoms with E-state index in [1.807, 2.05) is 7.05 Å². The Labute approximate surface area is 124 Å². The van der Waals surface area contributed by atoms with Gasteiger partial charge in [-0.3, -0.25) is 4.90 Å². The van der Waals surface area contributed by atoms with Crippen LogP contribution in [-0.4, -0.2) is 46.4 Å². The fourth-order valence-electron chi connectivity index (χ4n) is 3.04. The van der Waals surface area contributed by atoms with E-state index < -0.39 is 5.82 Å². The average Bonchev–Trinajstić information content (AvgIpc) is 2.87. The molecule has 1 fully saturated rings. The van der Waals surface area contributed by atoms with Crippen molar-refractivity contribution in [3.63, 3.8) is 0 Å². The lowest BCUT2D eigenvalue weighted by molar-refractivity contribution is 0.281. The van der Waals surface area contributed by atoms with Gasteiger partial charge in [0.05, 0.1) is 26.9 Å². The summed E-state index contributed by atoms with van der Waals surface area (Å²) in [6.07, 6.45) is 0.788. The monoisotopic (exact) mass is 298 g/mol. The summed E-state index contributed by atoms with van der Waals surface area (Å²) in [5.74, 6) is 0.999. The van der Waals surface area contributed by atoms with Gasteiger partial charge < -0.3 is 19.9 Å². The molecule has 2 N–H and O–H groups in total. The molecule has 1 aliphatic rings. The number of nitrogens with zero attached hydrogens (tertiary/aromatic N) is 1. The van der Waals surface area contributed by atoms with Gasteiger partial charge in [0.25, 0.3) is 0 Å². The van der Waals surface area contributed by atoms with Crippen LogP contribution in [0.2, 0.25) is 0 Å². The standard InChI is InChI=1S/C15H23FN2O3/c1-18-8-9(7-17)5-10(18)13-14(16)11(19-2)6-12(20-3)15(13)21-4/h6,9-10H,5,7-8,17H2,1-4H3. The van der Waals surface area contributed by atoms with Crippen molar-refractivity contribution >= 4 is 0 Å². The summed E-state index contributed by atoms with van der Waals surface area (Å²) in [6.45, 7) is 1.43. The number of methoxy groups -OCH3 is 3. The number of hydrogen-bond donors (Lipinski definition) is 1. The van der Waals surface area contributed by atoms with Crippen LogP contribution in [0.3, 0.4) is 0 Å². The molecule has 2 rings (SSSR count). The molecule has 0 radical (unpaired) electrons. The predicted molar refractivity (Wildman–Crippen MR) is 78.6 cm³/mol. The minimum Gasteiger partial charge on any atom is -0.494 e. The Bertz CT molecular complexity index is 510. The zero-order chi connectivity index (χ0) is 15.6. The molecule has 0 saturated carbocycles. The third-order valence-electron chi connectivity index (χ3n) is 4.13. The second kappa shape index (κ2) is 6.49. The van der Waals surface area contributed by atoms with Gasteiger partial charge in [-0.05, 0) is 25.9 Å². The minimum absolute atomic E-state index is 0.0995. The van der Waals surface area contributed by atoms with Gasteiger partial charge in [0.1, 0.15) is 0 Å². The van der Waals surface area contributed by atoms with Crippen molar-refractivity contribution < 1.29 is 18.6 Å². The van der Waals surface area contributed by atoms with E-state index in [9.17, 15) is 4.39 Å². The van der Waals surface area contributed by atoms with Crippen molar-refractivity contribution in [1.82, 2.24) is 4.90 Å². The zero-order valence-electron chi connectivity index (χ0n) is 13.0. The Kier molecular flexibility index (Phi) is 4.90. The largest absolute Gasteiger partial charge is 0.494 e. The number of benzene rings is 1. The molecule has 6 heteroatoms. The first-order valence-corrected chi connectivity index (χ1v) is 6.96. The highest BCUT2D eigenvalue weighted by molar-refractivity contribution is 5.54. The van der Waals surface area contributed by atoms with Gasteiger partial charge in [0, 0.05) is 18.7 Å². The fourth-order valence-corrected chi connectivity index (χ4v) is 3.04. The van der Waals surface area contributed by atoms with Crippen molar-refractivity contribution in [3.05, 3.63) is 17.4 Å². The maximum absolute atomic E-state index is 14.8. The van der Waals surface area contributed by atoms with Gasteiger partial charge in [0.15, 0.2) is 23.1 Å². The third kappa shape index (κ3) is 2.78. The molecule has 21 heavy (non-hydrogen) atoms. The van der Waals surface area contributed by atoms with Crippen molar-refractivity contribution in [3.8, 4) is 17.2 Å². The SMILES string of the molecule is COc1cc(OC)c(OC)c(C2CC(CN)CN2C)c1F. The Morgan fingerprint density at radius 1 is 1.24 bits per heavy atom. The molecule has 0 spiro atoms. The molecule has 1 aromatic rings. The first kappa shape index (κ1) is 15.9. The van der Waals surface area contributed by atoms with E-state index in [1.165, 1.54) is 27.4 Å². The molecule has 1 saturated heterocycles. The number of likely N-dealkylation sites (tertiary alicyclic amines) is 1. The van der Waals surface area contributed by atoms with E-state index in [4.69, 9.17) is 19.9 Å². The number of halogens is 1. The van der Waals surface area contributed by atoms with E-state index in [-0.39, 0.29) is 11.8 Å². The lowest BCUT2D eigenvalue weighted by Gasteiger charge is -2.24. The van der Waals surface area contributed by atoms with Crippen molar-refractivity contribution in [1.29, 1.82) is 0 Å². The molecule has 0 aromatic heterocycles. The first-order chi connectivity index (χ1) is 10.1. The number of hydrogen-bond acceptors (Lipinski definition) is 5. The maximum atomic E-state index is 14.8. The summed E-state index contributed by atoms with van der Waals surface area (Å²) >= 11 is 0. The van der Waals surface area contributed by atoms with E-state index >= 15 is 0 Å². The molecule has 1 aromatic carbocycles. The van der Waals surface area contributed by atoms with Crippen molar-refractivity contribution in [2.24, 2.45) is 11.7 Å². The molecule has 1 aliphatic heterocycles. The van der Waals surface area contributed by atoms with E-state index in [2.05, 4.69) is 4.90 Å². The summed E-state index contributed by atoms with van der Waals surface area (Å²) in [5, 5.41) is 0. The summed E-state index contributed by atoms with van der Waals surface area (Å²) in [4.78, 5) is 2.09. The Morgan fingerprint density at radius 2 is 1.90 bits per heavy atom.